The number of benzene rings is 3. The van der Waals surface area contributed by atoms with Gasteiger partial charge in [-0.15, -0.1) is 0 Å². The van der Waals surface area contributed by atoms with E-state index in [-0.39, 0.29) is 16.4 Å². The first kappa shape index (κ1) is 19.8. The number of hydrogen-bond donors (Lipinski definition) is 2. The molecular formula is C23H19N4O4+. The molecule has 2 N–H and O–H groups in total. The lowest BCUT2D eigenvalue weighted by Crippen LogP contribution is -2.00. The van der Waals surface area contributed by atoms with Gasteiger partial charge in [0.05, 0.1) is 17.7 Å². The van der Waals surface area contributed by atoms with Gasteiger partial charge in [0, 0.05) is 23.4 Å². The summed E-state index contributed by atoms with van der Waals surface area (Å²) in [5.74, 6) is 2.14. The number of nitrogens with zero attached hydrogens (tertiary/aromatic N) is 3. The van der Waals surface area contributed by atoms with Gasteiger partial charge in [0.15, 0.2) is 0 Å². The molecule has 0 amide bonds. The molecule has 0 aliphatic heterocycles. The van der Waals surface area contributed by atoms with Crippen LogP contribution in [0.25, 0.3) is 11.3 Å². The summed E-state index contributed by atoms with van der Waals surface area (Å²) in [6.07, 6.45) is 1.44. The first-order valence-corrected chi connectivity index (χ1v) is 9.39. The van der Waals surface area contributed by atoms with E-state index in [0.717, 1.165) is 11.3 Å². The van der Waals surface area contributed by atoms with Crippen molar-refractivity contribution in [2.45, 2.75) is 0 Å². The summed E-state index contributed by atoms with van der Waals surface area (Å²) in [4.78, 5) is 19.8. The van der Waals surface area contributed by atoms with Crippen molar-refractivity contribution >= 4 is 17.2 Å². The Balaban J connectivity index is 1.63. The van der Waals surface area contributed by atoms with Crippen LogP contribution in [0.5, 0.6) is 17.2 Å². The normalized spacial score (nSPS) is 10.4. The number of hydrogen-bond acceptors (Lipinski definition) is 6. The zero-order valence-electron chi connectivity index (χ0n) is 16.6. The number of rotatable bonds is 7. The molecule has 4 aromatic rings. The first-order valence-electron chi connectivity index (χ1n) is 9.39. The van der Waals surface area contributed by atoms with Crippen LogP contribution in [0.4, 0.5) is 17.2 Å². The highest BCUT2D eigenvalue weighted by Crippen LogP contribution is 2.34. The van der Waals surface area contributed by atoms with Gasteiger partial charge in [-0.05, 0) is 36.4 Å². The van der Waals surface area contributed by atoms with Crippen molar-refractivity contribution in [3.8, 4) is 28.5 Å². The Morgan fingerprint density at radius 2 is 1.68 bits per heavy atom. The Hall–Kier alpha value is -4.46. The van der Waals surface area contributed by atoms with Crippen molar-refractivity contribution in [3.63, 3.8) is 0 Å². The Morgan fingerprint density at radius 3 is 2.45 bits per heavy atom. The molecule has 31 heavy (non-hydrogen) atoms. The second-order valence-electron chi connectivity index (χ2n) is 6.48. The number of methoxy groups -OCH3 is 1. The molecule has 1 heterocycles. The maximum atomic E-state index is 11.4. The smallest absolute Gasteiger partial charge is 0.360 e. The van der Waals surface area contributed by atoms with Gasteiger partial charge in [0.25, 0.3) is 4.92 Å². The minimum Gasteiger partial charge on any atom is -0.490 e. The molecule has 0 saturated heterocycles. The highest BCUT2D eigenvalue weighted by Gasteiger charge is 2.20. The minimum absolute atomic E-state index is 0.0246. The lowest BCUT2D eigenvalue weighted by molar-refractivity contribution is -0.730. The molecule has 8 nitrogen and oxygen atoms in total. The van der Waals surface area contributed by atoms with E-state index in [1.54, 1.807) is 18.2 Å². The van der Waals surface area contributed by atoms with Crippen molar-refractivity contribution in [1.29, 1.82) is 0 Å². The van der Waals surface area contributed by atoms with Gasteiger partial charge in [0.2, 0.25) is 5.75 Å². The number of nitrogens with one attached hydrogen (secondary N) is 1. The van der Waals surface area contributed by atoms with Crippen molar-refractivity contribution in [2.24, 2.45) is 0 Å². The van der Waals surface area contributed by atoms with Gasteiger partial charge in [-0.1, -0.05) is 30.3 Å². The van der Waals surface area contributed by atoms with E-state index in [2.05, 4.69) is 15.3 Å². The second-order valence-corrected chi connectivity index (χ2v) is 6.48. The molecule has 4 rings (SSSR count). The lowest BCUT2D eigenvalue weighted by Gasteiger charge is -2.12. The summed E-state index contributed by atoms with van der Waals surface area (Å²) < 4.78 is 11.1. The average Bonchev–Trinajstić information content (AvgIpc) is 2.80. The van der Waals surface area contributed by atoms with Crippen LogP contribution in [-0.2, 0) is 0 Å². The van der Waals surface area contributed by atoms with Crippen molar-refractivity contribution < 1.29 is 19.6 Å². The van der Waals surface area contributed by atoms with Gasteiger partial charge in [0.1, 0.15) is 23.6 Å². The molecule has 0 spiro atoms. The first-order chi connectivity index (χ1) is 15.1. The van der Waals surface area contributed by atoms with E-state index in [1.165, 1.54) is 19.5 Å². The van der Waals surface area contributed by atoms with Crippen LogP contribution in [0.3, 0.4) is 0 Å². The topological polar surface area (TPSA) is 96.6 Å². The maximum Gasteiger partial charge on any atom is 0.360 e. The summed E-state index contributed by atoms with van der Waals surface area (Å²) >= 11 is 0. The molecule has 0 atom stereocenters. The Kier molecular flexibility index (Phi) is 5.70. The second kappa shape index (κ2) is 8.91. The van der Waals surface area contributed by atoms with Gasteiger partial charge < -0.3 is 14.8 Å². The van der Waals surface area contributed by atoms with Gasteiger partial charge in [-0.3, -0.25) is 0 Å². The van der Waals surface area contributed by atoms with Crippen LogP contribution >= 0.6 is 0 Å². The van der Waals surface area contributed by atoms with E-state index in [0.29, 0.717) is 22.9 Å². The van der Waals surface area contributed by atoms with Crippen LogP contribution in [-0.4, -0.2) is 27.2 Å². The molecule has 0 aliphatic carbocycles. The third-order valence-corrected chi connectivity index (χ3v) is 4.46. The Bertz CT molecular complexity index is 1220. The zero-order valence-corrected chi connectivity index (χ0v) is 16.6. The predicted octanol–water partition coefficient (Wildman–Crippen LogP) is 5.49. The van der Waals surface area contributed by atoms with E-state index >= 15 is 0 Å². The van der Waals surface area contributed by atoms with Crippen molar-refractivity contribution in [3.05, 3.63) is 90.1 Å². The Labute approximate surface area is 178 Å². The SMILES string of the molecule is COc1ccc(Nc2cc(-c3ccccc3Oc3ccccc3)ncn2)cc1[N+](=O)O. The van der Waals surface area contributed by atoms with E-state index in [4.69, 9.17) is 9.47 Å². The predicted molar refractivity (Wildman–Crippen MR) is 115 cm³/mol. The summed E-state index contributed by atoms with van der Waals surface area (Å²) in [5.41, 5.74) is 1.98. The fourth-order valence-corrected chi connectivity index (χ4v) is 3.02. The molecule has 0 bridgehead atoms. The summed E-state index contributed by atoms with van der Waals surface area (Å²) in [6.45, 7) is 0. The lowest BCUT2D eigenvalue weighted by atomic mass is 10.1. The third-order valence-electron chi connectivity index (χ3n) is 4.46. The molecule has 8 heteroatoms. The standard InChI is InChI=1S/C23H19N4O4/c1-30-22-12-11-16(13-20(22)27(28)29)26-23-14-19(24-15-25-23)18-9-5-6-10-21(18)31-17-7-3-2-4-8-17/h2-15H,1H3,(H,28,29)(H,24,25,26)/q+1. The van der Waals surface area contributed by atoms with Crippen LogP contribution in [0.1, 0.15) is 0 Å². The number of para-hydroxylation sites is 2. The molecule has 0 fully saturated rings. The summed E-state index contributed by atoms with van der Waals surface area (Å²) in [6, 6.07) is 23.6. The molecule has 1 aromatic heterocycles. The fourth-order valence-electron chi connectivity index (χ4n) is 3.02. The van der Waals surface area contributed by atoms with Gasteiger partial charge in [-0.2, -0.15) is 0 Å². The minimum atomic E-state index is -0.243. The van der Waals surface area contributed by atoms with Crippen molar-refractivity contribution in [1.82, 2.24) is 9.97 Å². The summed E-state index contributed by atoms with van der Waals surface area (Å²) in [7, 11) is 1.42. The average molecular weight is 415 g/mol. The molecule has 154 valence electrons. The van der Waals surface area contributed by atoms with Crippen LogP contribution in [0, 0.1) is 4.91 Å². The molecular weight excluding hydrogens is 396 g/mol. The van der Waals surface area contributed by atoms with E-state index in [9.17, 15) is 10.1 Å². The largest absolute Gasteiger partial charge is 0.490 e. The number of aromatic nitrogens is 2. The Morgan fingerprint density at radius 1 is 0.903 bits per heavy atom. The van der Waals surface area contributed by atoms with Crippen LogP contribution in [0.2, 0.25) is 0 Å². The maximum absolute atomic E-state index is 11.4. The summed E-state index contributed by atoms with van der Waals surface area (Å²) in [5, 5.41) is 12.4. The zero-order chi connectivity index (χ0) is 21.6. The third kappa shape index (κ3) is 4.59. The monoisotopic (exact) mass is 415 g/mol. The quantitative estimate of drug-likeness (QED) is 0.385. The van der Waals surface area contributed by atoms with Gasteiger partial charge in [-0.25, -0.2) is 15.2 Å². The van der Waals surface area contributed by atoms with Gasteiger partial charge >= 0.3 is 5.69 Å². The highest BCUT2D eigenvalue weighted by atomic mass is 16.6. The molecule has 0 saturated carbocycles. The fraction of sp³-hybridized carbons (Fsp3) is 0.0435. The number of anilines is 2. The van der Waals surface area contributed by atoms with E-state index in [1.807, 2.05) is 54.6 Å². The van der Waals surface area contributed by atoms with E-state index < -0.39 is 0 Å². The number of ether oxygens (including phenoxy) is 2. The molecule has 3 aromatic carbocycles. The molecule has 0 unspecified atom stereocenters. The van der Waals surface area contributed by atoms with Crippen molar-refractivity contribution in [2.75, 3.05) is 12.4 Å². The molecule has 0 aliphatic rings. The van der Waals surface area contributed by atoms with Crippen LogP contribution in [0.15, 0.2) is 85.2 Å². The molecule has 0 radical (unpaired) electrons. The van der Waals surface area contributed by atoms with Crippen LogP contribution < -0.4 is 14.8 Å². The highest BCUT2D eigenvalue weighted by molar-refractivity contribution is 5.71.